The molecule has 0 fully saturated rings. The zero-order chi connectivity index (χ0) is 20.0. The summed E-state index contributed by atoms with van der Waals surface area (Å²) in [4.78, 5) is 35.3. The van der Waals surface area contributed by atoms with E-state index >= 15 is 0 Å². The van der Waals surface area contributed by atoms with E-state index in [2.05, 4.69) is 0 Å². The van der Waals surface area contributed by atoms with E-state index in [0.717, 1.165) is 0 Å². The van der Waals surface area contributed by atoms with E-state index in [1.54, 1.807) is 6.07 Å². The lowest BCUT2D eigenvalue weighted by molar-refractivity contribution is -0.144. The van der Waals surface area contributed by atoms with Crippen molar-refractivity contribution in [3.63, 3.8) is 0 Å². The van der Waals surface area contributed by atoms with Crippen molar-refractivity contribution in [3.8, 4) is 11.5 Å². The van der Waals surface area contributed by atoms with Crippen molar-refractivity contribution in [2.75, 3.05) is 20.3 Å². The van der Waals surface area contributed by atoms with Gasteiger partial charge in [-0.1, -0.05) is 23.2 Å². The van der Waals surface area contributed by atoms with Crippen LogP contribution in [0.25, 0.3) is 0 Å². The molecule has 0 unspecified atom stereocenters. The van der Waals surface area contributed by atoms with Gasteiger partial charge in [-0.2, -0.15) is 0 Å². The standard InChI is InChI=1S/C19H16Cl2O6/c1-11(22)12-3-6-17(18(7-12)25-2)26-10-19(24)27-9-16(23)14-5-4-13(20)8-15(14)21/h3-8H,9-10H2,1-2H3. The van der Waals surface area contributed by atoms with Gasteiger partial charge in [-0.15, -0.1) is 0 Å². The molecule has 0 radical (unpaired) electrons. The van der Waals surface area contributed by atoms with Crippen molar-refractivity contribution in [2.24, 2.45) is 0 Å². The molecule has 0 aliphatic heterocycles. The second kappa shape index (κ2) is 9.39. The van der Waals surface area contributed by atoms with Crippen molar-refractivity contribution in [1.82, 2.24) is 0 Å². The molecule has 142 valence electrons. The number of carbonyl (C=O) groups is 3. The SMILES string of the molecule is COc1cc(C(C)=O)ccc1OCC(=O)OCC(=O)c1ccc(Cl)cc1Cl. The first-order valence-corrected chi connectivity index (χ1v) is 8.53. The van der Waals surface area contributed by atoms with Crippen LogP contribution in [0.3, 0.4) is 0 Å². The third kappa shape index (κ3) is 5.70. The first kappa shape index (κ1) is 20.7. The van der Waals surface area contributed by atoms with Crippen LogP contribution >= 0.6 is 23.2 Å². The lowest BCUT2D eigenvalue weighted by atomic mass is 10.1. The minimum Gasteiger partial charge on any atom is -0.493 e. The largest absolute Gasteiger partial charge is 0.493 e. The fraction of sp³-hybridized carbons (Fsp3) is 0.211. The van der Waals surface area contributed by atoms with E-state index in [0.29, 0.717) is 16.3 Å². The second-order valence-electron chi connectivity index (χ2n) is 5.42. The van der Waals surface area contributed by atoms with Gasteiger partial charge in [0.1, 0.15) is 0 Å². The third-order valence-corrected chi connectivity index (χ3v) is 4.06. The van der Waals surface area contributed by atoms with E-state index < -0.39 is 25.0 Å². The quantitative estimate of drug-likeness (QED) is 0.483. The highest BCUT2D eigenvalue weighted by molar-refractivity contribution is 6.36. The third-order valence-electron chi connectivity index (χ3n) is 3.51. The molecule has 0 saturated heterocycles. The number of benzene rings is 2. The predicted octanol–water partition coefficient (Wildman–Crippen LogP) is 4.01. The molecule has 0 aliphatic rings. The lowest BCUT2D eigenvalue weighted by Crippen LogP contribution is -2.20. The summed E-state index contributed by atoms with van der Waals surface area (Å²) in [5.74, 6) is -0.760. The highest BCUT2D eigenvalue weighted by Crippen LogP contribution is 2.28. The number of Topliss-reactive ketones (excluding diaryl/α,β-unsaturated/α-hetero) is 2. The average molecular weight is 411 g/mol. The summed E-state index contributed by atoms with van der Waals surface area (Å²) in [6, 6.07) is 8.98. The van der Waals surface area contributed by atoms with Crippen LogP contribution in [-0.2, 0) is 9.53 Å². The van der Waals surface area contributed by atoms with Crippen LogP contribution < -0.4 is 9.47 Å². The summed E-state index contributed by atoms with van der Waals surface area (Å²) < 4.78 is 15.4. The molecule has 2 rings (SSSR count). The number of carbonyl (C=O) groups excluding carboxylic acids is 3. The van der Waals surface area contributed by atoms with E-state index in [1.165, 1.54) is 44.4 Å². The number of hydrogen-bond donors (Lipinski definition) is 0. The molecule has 2 aromatic rings. The molecule has 0 bridgehead atoms. The Labute approximate surface area is 165 Å². The van der Waals surface area contributed by atoms with E-state index in [1.807, 2.05) is 0 Å². The van der Waals surface area contributed by atoms with Crippen molar-refractivity contribution in [1.29, 1.82) is 0 Å². The number of methoxy groups -OCH3 is 1. The highest BCUT2D eigenvalue weighted by Gasteiger charge is 2.15. The molecular weight excluding hydrogens is 395 g/mol. The van der Waals surface area contributed by atoms with Gasteiger partial charge in [-0.25, -0.2) is 4.79 Å². The fourth-order valence-corrected chi connectivity index (χ4v) is 2.64. The monoisotopic (exact) mass is 410 g/mol. The van der Waals surface area contributed by atoms with Gasteiger partial charge in [0.25, 0.3) is 0 Å². The number of halogens is 2. The first-order valence-electron chi connectivity index (χ1n) is 7.77. The Morgan fingerprint density at radius 1 is 0.963 bits per heavy atom. The molecule has 8 heteroatoms. The van der Waals surface area contributed by atoms with Crippen LogP contribution in [0.4, 0.5) is 0 Å². The van der Waals surface area contributed by atoms with Gasteiger partial charge < -0.3 is 14.2 Å². The van der Waals surface area contributed by atoms with Gasteiger partial charge >= 0.3 is 5.97 Å². The zero-order valence-corrected chi connectivity index (χ0v) is 16.1. The zero-order valence-electron chi connectivity index (χ0n) is 14.6. The second-order valence-corrected chi connectivity index (χ2v) is 6.26. The summed E-state index contributed by atoms with van der Waals surface area (Å²) >= 11 is 11.7. The molecule has 2 aromatic carbocycles. The number of rotatable bonds is 8. The molecular formula is C19H16Cl2O6. The molecule has 0 spiro atoms. The fourth-order valence-electron chi connectivity index (χ4n) is 2.12. The number of ether oxygens (including phenoxy) is 3. The van der Waals surface area contributed by atoms with Crippen LogP contribution in [0.2, 0.25) is 10.0 Å². The first-order chi connectivity index (χ1) is 12.8. The van der Waals surface area contributed by atoms with Crippen LogP contribution in [0, 0.1) is 0 Å². The summed E-state index contributed by atoms with van der Waals surface area (Å²) in [6.45, 7) is 0.512. The lowest BCUT2D eigenvalue weighted by Gasteiger charge is -2.11. The Hall–Kier alpha value is -2.57. The molecule has 0 aliphatic carbocycles. The molecule has 27 heavy (non-hydrogen) atoms. The molecule has 0 N–H and O–H groups in total. The van der Waals surface area contributed by atoms with Gasteiger partial charge in [0.05, 0.1) is 12.1 Å². The molecule has 0 heterocycles. The van der Waals surface area contributed by atoms with Crippen LogP contribution in [0.5, 0.6) is 11.5 Å². The van der Waals surface area contributed by atoms with Crippen molar-refractivity contribution in [3.05, 3.63) is 57.6 Å². The minimum absolute atomic E-state index is 0.126. The summed E-state index contributed by atoms with van der Waals surface area (Å²) in [6.07, 6.45) is 0. The maximum atomic E-state index is 12.1. The van der Waals surface area contributed by atoms with Crippen molar-refractivity contribution in [2.45, 2.75) is 6.92 Å². The van der Waals surface area contributed by atoms with Gasteiger partial charge in [0.15, 0.2) is 30.5 Å². The number of ketones is 2. The number of hydrogen-bond acceptors (Lipinski definition) is 6. The Balaban J connectivity index is 1.91. The minimum atomic E-state index is -0.744. The normalized spacial score (nSPS) is 10.2. The summed E-state index contributed by atoms with van der Waals surface area (Å²) in [7, 11) is 1.42. The Morgan fingerprint density at radius 3 is 2.33 bits per heavy atom. The van der Waals surface area contributed by atoms with Gasteiger partial charge in [0.2, 0.25) is 5.78 Å². The molecule has 6 nitrogen and oxygen atoms in total. The topological polar surface area (TPSA) is 78.9 Å². The van der Waals surface area contributed by atoms with Gasteiger partial charge in [-0.05, 0) is 43.3 Å². The molecule has 0 amide bonds. The Morgan fingerprint density at radius 2 is 1.70 bits per heavy atom. The number of esters is 1. The molecule has 0 saturated carbocycles. The van der Waals surface area contributed by atoms with Crippen LogP contribution in [-0.4, -0.2) is 37.9 Å². The maximum absolute atomic E-state index is 12.1. The maximum Gasteiger partial charge on any atom is 0.344 e. The van der Waals surface area contributed by atoms with Crippen LogP contribution in [0.1, 0.15) is 27.6 Å². The summed E-state index contributed by atoms with van der Waals surface area (Å²) in [5.41, 5.74) is 0.656. The predicted molar refractivity (Wildman–Crippen MR) is 100 cm³/mol. The Kier molecular flexibility index (Phi) is 7.21. The molecule has 0 atom stereocenters. The smallest absolute Gasteiger partial charge is 0.344 e. The van der Waals surface area contributed by atoms with E-state index in [4.69, 9.17) is 37.4 Å². The van der Waals surface area contributed by atoms with Gasteiger partial charge in [0, 0.05) is 16.1 Å². The van der Waals surface area contributed by atoms with Crippen molar-refractivity contribution >= 4 is 40.7 Å². The van der Waals surface area contributed by atoms with Gasteiger partial charge in [-0.3, -0.25) is 9.59 Å². The highest BCUT2D eigenvalue weighted by atomic mass is 35.5. The summed E-state index contributed by atoms with van der Waals surface area (Å²) in [5, 5.41) is 0.571. The van der Waals surface area contributed by atoms with Crippen LogP contribution in [0.15, 0.2) is 36.4 Å². The Bertz CT molecular complexity index is 878. The molecule has 0 aromatic heterocycles. The van der Waals surface area contributed by atoms with E-state index in [-0.39, 0.29) is 22.1 Å². The van der Waals surface area contributed by atoms with E-state index in [9.17, 15) is 14.4 Å². The average Bonchev–Trinajstić information content (AvgIpc) is 2.64. The van der Waals surface area contributed by atoms with Crippen molar-refractivity contribution < 1.29 is 28.6 Å².